The summed E-state index contributed by atoms with van der Waals surface area (Å²) in [5.41, 5.74) is 1.55. The number of halogens is 1. The second kappa shape index (κ2) is 4.93. The van der Waals surface area contributed by atoms with E-state index in [9.17, 15) is 4.79 Å². The third-order valence-electron chi connectivity index (χ3n) is 1.65. The number of carboxylic acids is 1. The van der Waals surface area contributed by atoms with E-state index >= 15 is 0 Å². The molecule has 0 aliphatic carbocycles. The SMILES string of the molecule is O=C(O)/C=C/c1ccc(CO)cc1Br. The van der Waals surface area contributed by atoms with E-state index in [1.165, 1.54) is 6.08 Å². The summed E-state index contributed by atoms with van der Waals surface area (Å²) in [6.07, 6.45) is 2.56. The molecule has 4 heteroatoms. The maximum atomic E-state index is 10.3. The summed E-state index contributed by atoms with van der Waals surface area (Å²) in [7, 11) is 0. The Morgan fingerprint density at radius 2 is 2.21 bits per heavy atom. The Hall–Kier alpha value is -1.13. The zero-order valence-corrected chi connectivity index (χ0v) is 8.86. The average Bonchev–Trinajstić information content (AvgIpc) is 2.15. The van der Waals surface area contributed by atoms with Gasteiger partial charge in [-0.25, -0.2) is 4.79 Å². The van der Waals surface area contributed by atoms with Gasteiger partial charge in [-0.15, -0.1) is 0 Å². The molecule has 0 saturated heterocycles. The molecule has 0 aliphatic heterocycles. The minimum Gasteiger partial charge on any atom is -0.478 e. The van der Waals surface area contributed by atoms with Crippen LogP contribution in [0.4, 0.5) is 0 Å². The van der Waals surface area contributed by atoms with Gasteiger partial charge < -0.3 is 10.2 Å². The number of aliphatic carboxylic acids is 1. The Bertz CT molecular complexity index is 372. The van der Waals surface area contributed by atoms with Gasteiger partial charge in [0.25, 0.3) is 0 Å². The van der Waals surface area contributed by atoms with E-state index in [4.69, 9.17) is 10.2 Å². The standard InChI is InChI=1S/C10H9BrO3/c11-9-5-7(6-12)1-2-8(9)3-4-10(13)14/h1-5,12H,6H2,(H,13,14)/b4-3+. The average molecular weight is 257 g/mol. The summed E-state index contributed by atoms with van der Waals surface area (Å²) < 4.78 is 0.765. The summed E-state index contributed by atoms with van der Waals surface area (Å²) in [6, 6.07) is 5.24. The van der Waals surface area contributed by atoms with Crippen LogP contribution in [0.3, 0.4) is 0 Å². The highest BCUT2D eigenvalue weighted by Gasteiger charge is 1.98. The maximum Gasteiger partial charge on any atom is 0.328 e. The highest BCUT2D eigenvalue weighted by Crippen LogP contribution is 2.19. The molecule has 0 unspecified atom stereocenters. The van der Waals surface area contributed by atoms with Gasteiger partial charge in [0.15, 0.2) is 0 Å². The second-order valence-corrected chi connectivity index (χ2v) is 3.54. The zero-order valence-electron chi connectivity index (χ0n) is 7.27. The lowest BCUT2D eigenvalue weighted by Gasteiger charge is -2.00. The van der Waals surface area contributed by atoms with E-state index in [2.05, 4.69) is 15.9 Å². The predicted octanol–water partition coefficient (Wildman–Crippen LogP) is 2.04. The van der Waals surface area contributed by atoms with Crippen LogP contribution in [0.25, 0.3) is 6.08 Å². The van der Waals surface area contributed by atoms with Crippen molar-refractivity contribution in [3.05, 3.63) is 39.9 Å². The fourth-order valence-corrected chi connectivity index (χ4v) is 1.52. The van der Waals surface area contributed by atoms with Crippen LogP contribution in [-0.4, -0.2) is 16.2 Å². The maximum absolute atomic E-state index is 10.3. The lowest BCUT2D eigenvalue weighted by molar-refractivity contribution is -0.131. The number of hydrogen-bond donors (Lipinski definition) is 2. The van der Waals surface area contributed by atoms with Crippen molar-refractivity contribution in [2.75, 3.05) is 0 Å². The quantitative estimate of drug-likeness (QED) is 0.814. The molecular formula is C10H9BrO3. The first kappa shape index (κ1) is 10.9. The van der Waals surface area contributed by atoms with Crippen molar-refractivity contribution in [1.82, 2.24) is 0 Å². The van der Waals surface area contributed by atoms with Gasteiger partial charge >= 0.3 is 5.97 Å². The Morgan fingerprint density at radius 3 is 2.71 bits per heavy atom. The second-order valence-electron chi connectivity index (χ2n) is 2.69. The lowest BCUT2D eigenvalue weighted by atomic mass is 10.1. The molecular weight excluding hydrogens is 248 g/mol. The topological polar surface area (TPSA) is 57.5 Å². The van der Waals surface area contributed by atoms with E-state index in [1.807, 2.05) is 0 Å². The molecule has 2 N–H and O–H groups in total. The van der Waals surface area contributed by atoms with Gasteiger partial charge in [0.1, 0.15) is 0 Å². The molecule has 0 atom stereocenters. The minimum absolute atomic E-state index is 0.0263. The molecule has 0 saturated carbocycles. The molecule has 0 heterocycles. The van der Waals surface area contributed by atoms with Crippen LogP contribution >= 0.6 is 15.9 Å². The Morgan fingerprint density at radius 1 is 1.50 bits per heavy atom. The third kappa shape index (κ3) is 2.97. The zero-order chi connectivity index (χ0) is 10.6. The summed E-state index contributed by atoms with van der Waals surface area (Å²) in [6.45, 7) is -0.0263. The van der Waals surface area contributed by atoms with Crippen molar-refractivity contribution in [3.63, 3.8) is 0 Å². The van der Waals surface area contributed by atoms with E-state index in [-0.39, 0.29) is 6.61 Å². The number of benzene rings is 1. The smallest absolute Gasteiger partial charge is 0.328 e. The Labute approximate surface area is 89.8 Å². The first-order chi connectivity index (χ1) is 6.63. The molecule has 0 radical (unpaired) electrons. The monoisotopic (exact) mass is 256 g/mol. The van der Waals surface area contributed by atoms with Crippen LogP contribution in [0.1, 0.15) is 11.1 Å². The fourth-order valence-electron chi connectivity index (χ4n) is 0.965. The number of rotatable bonds is 3. The van der Waals surface area contributed by atoms with Crippen molar-refractivity contribution in [2.45, 2.75) is 6.61 Å². The first-order valence-electron chi connectivity index (χ1n) is 3.94. The molecule has 0 spiro atoms. The molecule has 1 rings (SSSR count). The van der Waals surface area contributed by atoms with Gasteiger partial charge in [-0.1, -0.05) is 28.1 Å². The van der Waals surface area contributed by atoms with Crippen LogP contribution in [-0.2, 0) is 11.4 Å². The molecule has 1 aromatic carbocycles. The van der Waals surface area contributed by atoms with E-state index < -0.39 is 5.97 Å². The predicted molar refractivity (Wildman–Crippen MR) is 56.7 cm³/mol. The number of hydrogen-bond acceptors (Lipinski definition) is 2. The number of carboxylic acid groups (broad SMARTS) is 1. The van der Waals surface area contributed by atoms with Crippen LogP contribution < -0.4 is 0 Å². The normalized spacial score (nSPS) is 10.7. The van der Waals surface area contributed by atoms with E-state index in [0.717, 1.165) is 21.7 Å². The molecule has 74 valence electrons. The van der Waals surface area contributed by atoms with Crippen LogP contribution in [0.5, 0.6) is 0 Å². The Balaban J connectivity index is 2.94. The van der Waals surface area contributed by atoms with Gasteiger partial charge in [-0.3, -0.25) is 0 Å². The van der Waals surface area contributed by atoms with Crippen LogP contribution in [0, 0.1) is 0 Å². The van der Waals surface area contributed by atoms with Crippen molar-refractivity contribution in [1.29, 1.82) is 0 Å². The summed E-state index contributed by atoms with van der Waals surface area (Å²) in [5, 5.41) is 17.3. The van der Waals surface area contributed by atoms with Gasteiger partial charge in [-0.2, -0.15) is 0 Å². The van der Waals surface area contributed by atoms with Crippen LogP contribution in [0.15, 0.2) is 28.7 Å². The minimum atomic E-state index is -0.983. The number of aliphatic hydroxyl groups is 1. The fraction of sp³-hybridized carbons (Fsp3) is 0.100. The van der Waals surface area contributed by atoms with Crippen molar-refractivity contribution < 1.29 is 15.0 Å². The molecule has 0 bridgehead atoms. The number of aliphatic hydroxyl groups excluding tert-OH is 1. The van der Waals surface area contributed by atoms with Gasteiger partial charge in [0.05, 0.1) is 6.61 Å². The van der Waals surface area contributed by atoms with Crippen molar-refractivity contribution >= 4 is 28.0 Å². The molecule has 1 aromatic rings. The van der Waals surface area contributed by atoms with Crippen LogP contribution in [0.2, 0.25) is 0 Å². The highest BCUT2D eigenvalue weighted by molar-refractivity contribution is 9.10. The molecule has 3 nitrogen and oxygen atoms in total. The van der Waals surface area contributed by atoms with Gasteiger partial charge in [-0.05, 0) is 23.3 Å². The van der Waals surface area contributed by atoms with E-state index in [1.54, 1.807) is 18.2 Å². The highest BCUT2D eigenvalue weighted by atomic mass is 79.9. The van der Waals surface area contributed by atoms with Gasteiger partial charge in [0, 0.05) is 10.5 Å². The molecule has 0 fully saturated rings. The largest absolute Gasteiger partial charge is 0.478 e. The third-order valence-corrected chi connectivity index (χ3v) is 2.34. The van der Waals surface area contributed by atoms with Gasteiger partial charge in [0.2, 0.25) is 0 Å². The summed E-state index contributed by atoms with van der Waals surface area (Å²) in [4.78, 5) is 10.3. The molecule has 0 aliphatic rings. The van der Waals surface area contributed by atoms with Crippen molar-refractivity contribution in [2.24, 2.45) is 0 Å². The first-order valence-corrected chi connectivity index (χ1v) is 4.73. The summed E-state index contributed by atoms with van der Waals surface area (Å²) >= 11 is 3.28. The van der Waals surface area contributed by atoms with Crippen molar-refractivity contribution in [3.8, 4) is 0 Å². The van der Waals surface area contributed by atoms with E-state index in [0.29, 0.717) is 0 Å². The lowest BCUT2D eigenvalue weighted by Crippen LogP contribution is -1.87. The summed E-state index contributed by atoms with van der Waals surface area (Å²) in [5.74, 6) is -0.983. The molecule has 0 amide bonds. The molecule has 0 aromatic heterocycles. The molecule has 14 heavy (non-hydrogen) atoms. The Kier molecular flexibility index (Phi) is 3.85. The number of carbonyl (C=O) groups is 1.